The number of phenols is 3. The van der Waals surface area contributed by atoms with E-state index in [2.05, 4.69) is 85.9 Å². The number of fused-ring (bicyclic) bond motifs is 4. The van der Waals surface area contributed by atoms with Gasteiger partial charge in [-0.25, -0.2) is 0 Å². The van der Waals surface area contributed by atoms with Gasteiger partial charge in [-0.3, -0.25) is 9.59 Å². The molecule has 12 heterocycles. The predicted molar refractivity (Wildman–Crippen MR) is 395 cm³/mol. The number of phenolic OH excluding ortho intramolecular Hbond substituents is 3. The highest BCUT2D eigenvalue weighted by Crippen LogP contribution is 2.65. The Bertz CT molecular complexity index is 4520. The Labute approximate surface area is 588 Å². The van der Waals surface area contributed by atoms with Crippen LogP contribution in [0.25, 0.3) is 44.2 Å². The zero-order valence-electron chi connectivity index (χ0n) is 54.3. The molecule has 0 amide bonds. The van der Waals surface area contributed by atoms with Crippen molar-refractivity contribution in [3.63, 3.8) is 0 Å². The highest BCUT2D eigenvalue weighted by molar-refractivity contribution is 8.77. The van der Waals surface area contributed by atoms with Gasteiger partial charge in [0.15, 0.2) is 5.76 Å². The molecule has 21 rings (SSSR count). The van der Waals surface area contributed by atoms with Gasteiger partial charge in [-0.1, -0.05) is 151 Å². The lowest BCUT2D eigenvalue weighted by molar-refractivity contribution is -0.119. The number of piperidine rings is 1. The molecule has 1 aromatic heterocycles. The second kappa shape index (κ2) is 26.8. The van der Waals surface area contributed by atoms with E-state index in [0.717, 1.165) is 62.7 Å². The Morgan fingerprint density at radius 3 is 2.36 bits per heavy atom. The summed E-state index contributed by atoms with van der Waals surface area (Å²) in [6, 6.07) is 32.6. The van der Waals surface area contributed by atoms with Gasteiger partial charge in [-0.05, 0) is 196 Å². The molecule has 1 spiro atoms. The van der Waals surface area contributed by atoms with Crippen molar-refractivity contribution in [1.29, 1.82) is 0 Å². The normalized spacial score (nSPS) is 27.5. The molecule has 13 nitrogen and oxygen atoms in total. The lowest BCUT2D eigenvalue weighted by atomic mass is 9.62. The molecule has 506 valence electrons. The number of benzene rings is 7. The van der Waals surface area contributed by atoms with Crippen LogP contribution in [0, 0.1) is 17.8 Å². The number of ether oxygens (including phenoxy) is 1. The van der Waals surface area contributed by atoms with E-state index in [-0.39, 0.29) is 125 Å². The van der Waals surface area contributed by atoms with Gasteiger partial charge in [0.05, 0.1) is 28.4 Å². The number of aliphatic hydroxyl groups is 4. The quantitative estimate of drug-likeness (QED) is 0.0676. The lowest BCUT2D eigenvalue weighted by Crippen LogP contribution is -2.50. The molecular formula is C78H81NO12S6. The summed E-state index contributed by atoms with van der Waals surface area (Å²) < 4.78 is 13.1. The van der Waals surface area contributed by atoms with Crippen LogP contribution in [0.15, 0.2) is 106 Å². The molecule has 97 heavy (non-hydrogen) atoms. The Morgan fingerprint density at radius 2 is 1.54 bits per heavy atom. The number of hydrogen-bond donors (Lipinski definition) is 9. The van der Waals surface area contributed by atoms with Crippen molar-refractivity contribution in [2.24, 2.45) is 17.8 Å². The zero-order valence-corrected chi connectivity index (χ0v) is 59.2. The summed E-state index contributed by atoms with van der Waals surface area (Å²) in [4.78, 5) is 31.1. The first kappa shape index (κ1) is 66.1. The third-order valence-electron chi connectivity index (χ3n) is 22.4. The summed E-state index contributed by atoms with van der Waals surface area (Å²) >= 11 is 0. The largest absolute Gasteiger partial charge is 0.508 e. The van der Waals surface area contributed by atoms with Crippen LogP contribution in [0.5, 0.6) is 28.7 Å². The molecule has 13 aliphatic rings. The molecule has 0 saturated carbocycles. The van der Waals surface area contributed by atoms with Crippen molar-refractivity contribution in [2.45, 2.75) is 161 Å². The maximum atomic E-state index is 16.1. The number of hydrogen-bond acceptors (Lipinski definition) is 19. The van der Waals surface area contributed by atoms with Crippen LogP contribution in [0.2, 0.25) is 0 Å². The molecule has 2 fully saturated rings. The number of carbonyl (C=O) groups is 1. The summed E-state index contributed by atoms with van der Waals surface area (Å²) in [6.45, 7) is 4.05. The van der Waals surface area contributed by atoms with Gasteiger partial charge < -0.3 is 55.3 Å². The fourth-order valence-corrected chi connectivity index (χ4v) is 26.8. The Morgan fingerprint density at radius 1 is 0.732 bits per heavy atom. The van der Waals surface area contributed by atoms with Gasteiger partial charge in [0.25, 0.3) is 0 Å². The van der Waals surface area contributed by atoms with Gasteiger partial charge in [-0.2, -0.15) is 0 Å². The van der Waals surface area contributed by atoms with E-state index < -0.39 is 46.1 Å². The van der Waals surface area contributed by atoms with Gasteiger partial charge in [-0.15, -0.1) is 0 Å². The maximum Gasteiger partial charge on any atom is 0.238 e. The van der Waals surface area contributed by atoms with Crippen molar-refractivity contribution in [1.82, 2.24) is 5.32 Å². The van der Waals surface area contributed by atoms with Crippen LogP contribution in [0.4, 0.5) is 0 Å². The minimum Gasteiger partial charge on any atom is -0.508 e. The minimum atomic E-state index is -1.21. The number of Topliss-reactive ketones (excluding diaryl/α,β-unsaturated/α-hetero) is 1. The molecule has 12 atom stereocenters. The molecule has 9 N–H and O–H groups in total. The molecule has 8 aromatic rings. The average Bonchev–Trinajstić information content (AvgIpc) is 0.893. The van der Waals surface area contributed by atoms with Crippen LogP contribution >= 0.6 is 64.8 Å². The lowest BCUT2D eigenvalue weighted by Gasteiger charge is -2.49. The van der Waals surface area contributed by atoms with Crippen molar-refractivity contribution in [3.8, 4) is 51.2 Å². The first-order valence-electron chi connectivity index (χ1n) is 34.5. The SMILES string of the molecule is CC(C)Cc1cc2c3c(c1O)Cc1cccc(c1)[C@H]1N[C@@H]4CSSC[C@@H](C(=O)Cc5ccc(c(O)c5)C[C@]56SSCCC[C@H](O)[C@@H]7C[C@H](c8c(cc9c%10c(ccc5c8%10)C[C@@H](CCCO)[C@H]9CCO)-c5c(O)cc8oc-2c(O)c(=O)c8c5O7)[C@@H]6O)c2cccc(c2)C[C@H]4C[C@H]1SSC3. The topological polar surface area (TPSA) is 230 Å². The second-order valence-electron chi connectivity index (χ2n) is 28.8. The highest BCUT2D eigenvalue weighted by Gasteiger charge is 2.54. The predicted octanol–water partition coefficient (Wildman–Crippen LogP) is 15.0. The highest BCUT2D eigenvalue weighted by atomic mass is 33.1. The number of nitrogens with one attached hydrogen (secondary N) is 1. The van der Waals surface area contributed by atoms with Crippen LogP contribution < -0.4 is 15.5 Å². The average molecular weight is 1420 g/mol. The van der Waals surface area contributed by atoms with E-state index in [9.17, 15) is 40.9 Å². The monoisotopic (exact) mass is 1420 g/mol. The summed E-state index contributed by atoms with van der Waals surface area (Å²) in [5.41, 5.74) is 11.3. The number of aromatic hydroxyl groups is 4. The molecule has 0 unspecified atom stereocenters. The third kappa shape index (κ3) is 11.7. The maximum absolute atomic E-state index is 16.1. The van der Waals surface area contributed by atoms with Gasteiger partial charge >= 0.3 is 0 Å². The summed E-state index contributed by atoms with van der Waals surface area (Å²) in [7, 11) is 10.2. The molecule has 2 aliphatic carbocycles. The molecule has 0 radical (unpaired) electrons. The summed E-state index contributed by atoms with van der Waals surface area (Å²) in [5.74, 6) is 0.391. The van der Waals surface area contributed by atoms with Crippen LogP contribution in [-0.2, 0) is 53.8 Å². The Balaban J connectivity index is 0.969. The smallest absolute Gasteiger partial charge is 0.238 e. The van der Waals surface area contributed by atoms with E-state index in [1.807, 2.05) is 29.0 Å². The first-order valence-corrected chi connectivity index (χ1v) is 41.7. The van der Waals surface area contributed by atoms with Crippen molar-refractivity contribution in [3.05, 3.63) is 180 Å². The van der Waals surface area contributed by atoms with Crippen LogP contribution in [-0.4, -0.2) is 107 Å². The summed E-state index contributed by atoms with van der Waals surface area (Å²) in [5, 5.41) is 106. The van der Waals surface area contributed by atoms with E-state index in [4.69, 9.17) is 9.15 Å². The van der Waals surface area contributed by atoms with Crippen molar-refractivity contribution in [2.75, 3.05) is 30.5 Å². The van der Waals surface area contributed by atoms with Gasteiger partial charge in [0, 0.05) is 89.5 Å². The van der Waals surface area contributed by atoms with E-state index in [1.54, 1.807) is 60.0 Å². The molecule has 21 bridgehead atoms. The van der Waals surface area contributed by atoms with Crippen LogP contribution in [0.1, 0.15) is 155 Å². The molecule has 7 aromatic carbocycles. The second-order valence-corrected chi connectivity index (χ2v) is 36.7. The molecule has 19 heteroatoms. The minimum absolute atomic E-state index is 0.00176. The molecular weight excluding hydrogens is 1340 g/mol. The molecule has 2 saturated heterocycles. The van der Waals surface area contributed by atoms with Crippen molar-refractivity contribution >= 4 is 92.3 Å². The van der Waals surface area contributed by atoms with Crippen LogP contribution in [0.3, 0.4) is 0 Å². The van der Waals surface area contributed by atoms with E-state index >= 15 is 9.59 Å². The first-order chi connectivity index (χ1) is 47.1. The number of ketones is 1. The number of rotatable bonds is 7. The third-order valence-corrected chi connectivity index (χ3v) is 30.9. The zero-order chi connectivity index (χ0) is 66.7. The summed E-state index contributed by atoms with van der Waals surface area (Å²) in [6.07, 6.45) is 2.60. The fourth-order valence-electron chi connectivity index (χ4n) is 17.9. The fraction of sp³-hybridized carbons (Fsp3) is 0.436. The van der Waals surface area contributed by atoms with Gasteiger partial charge in [0.1, 0.15) is 45.9 Å². The standard InChI is InChI=1S/C78H81NO12S6/c1-38(2)21-48-29-52-56-36-95-96-65-30-47-24-39-7-3-9-42(22-39)55(35-93-94-37-58(47)79-71(65)45-10-4-8-40(23-45)25-51(56)72(48)86)61(84)27-41-13-14-46(60(83)26-41)34-78-57-16-15-44-28-43(11-5-18-80)49(17-19-81)50-31-53-67(69(57)66(44)50)54(77(78)89)32-63(59(82)12-6-20-92-97-78)90-76-68(53)62(85)33-64-70(76)73(87)74(88)75(52)91-64/h3-4,7-10,13-16,22-23,26,29,31,33,38,43,47,49,54-55,58-59,63,65,71,77,79-83,85-86,88-89H,5-6,11-12,17-21,24-25,27-28,30,32,34-37H2,1-2H3/t43-,47+,49-,54-,55-,58-,59+,63+,65-,71-,77+,78+/m1/s1. The number of aliphatic hydroxyl groups excluding tert-OH is 4. The van der Waals surface area contributed by atoms with Crippen molar-refractivity contribution < 1.29 is 54.8 Å². The molecule has 11 aliphatic heterocycles. The Hall–Kier alpha value is -5.42. The number of carbonyl (C=O) groups excluding carboxylic acids is 1. The Kier molecular flexibility index (Phi) is 18.3. The van der Waals surface area contributed by atoms with E-state index in [0.29, 0.717) is 113 Å². The van der Waals surface area contributed by atoms with Gasteiger partial charge in [0.2, 0.25) is 11.2 Å². The van der Waals surface area contributed by atoms with E-state index in [1.165, 1.54) is 11.6 Å².